The van der Waals surface area contributed by atoms with Gasteiger partial charge in [-0.25, -0.2) is 0 Å². The normalized spacial score (nSPS) is 25.5. The Hall–Kier alpha value is -0.610. The summed E-state index contributed by atoms with van der Waals surface area (Å²) in [7, 11) is 1.84. The van der Waals surface area contributed by atoms with Gasteiger partial charge >= 0.3 is 0 Å². The number of rotatable bonds is 5. The SMILES string of the molecule is CCCCCN(C)C(=O)[C@@H]1CCC(O)N1. The van der Waals surface area contributed by atoms with Gasteiger partial charge in [-0.05, 0) is 19.3 Å². The van der Waals surface area contributed by atoms with Crippen LogP contribution in [0.3, 0.4) is 0 Å². The van der Waals surface area contributed by atoms with Gasteiger partial charge in [-0.2, -0.15) is 0 Å². The van der Waals surface area contributed by atoms with Crippen LogP contribution in [0.15, 0.2) is 0 Å². The molecule has 88 valence electrons. The van der Waals surface area contributed by atoms with Gasteiger partial charge in [0.1, 0.15) is 6.23 Å². The van der Waals surface area contributed by atoms with E-state index in [0.29, 0.717) is 6.42 Å². The Kier molecular flexibility index (Phi) is 5.05. The second-order valence-electron chi connectivity index (χ2n) is 4.28. The van der Waals surface area contributed by atoms with Crippen molar-refractivity contribution < 1.29 is 9.90 Å². The quantitative estimate of drug-likeness (QED) is 0.663. The number of unbranched alkanes of at least 4 members (excludes halogenated alkanes) is 2. The fraction of sp³-hybridized carbons (Fsp3) is 0.909. The lowest BCUT2D eigenvalue weighted by Gasteiger charge is -2.21. The van der Waals surface area contributed by atoms with Crippen LogP contribution in [0.25, 0.3) is 0 Å². The summed E-state index contributed by atoms with van der Waals surface area (Å²) in [5.41, 5.74) is 0. The predicted octanol–water partition coefficient (Wildman–Crippen LogP) is 0.705. The third kappa shape index (κ3) is 3.80. The highest BCUT2D eigenvalue weighted by Crippen LogP contribution is 2.12. The van der Waals surface area contributed by atoms with E-state index in [4.69, 9.17) is 0 Å². The first-order valence-electron chi connectivity index (χ1n) is 5.84. The van der Waals surface area contributed by atoms with Crippen molar-refractivity contribution >= 4 is 5.91 Å². The molecule has 2 N–H and O–H groups in total. The number of nitrogens with one attached hydrogen (secondary N) is 1. The third-order valence-corrected chi connectivity index (χ3v) is 2.89. The first kappa shape index (κ1) is 12.5. The van der Waals surface area contributed by atoms with Gasteiger partial charge in [-0.15, -0.1) is 0 Å². The number of nitrogens with zero attached hydrogens (tertiary/aromatic N) is 1. The minimum Gasteiger partial charge on any atom is -0.379 e. The molecule has 4 nitrogen and oxygen atoms in total. The summed E-state index contributed by atoms with van der Waals surface area (Å²) >= 11 is 0. The molecule has 2 atom stereocenters. The first-order valence-corrected chi connectivity index (χ1v) is 5.84. The zero-order valence-corrected chi connectivity index (χ0v) is 9.70. The number of amides is 1. The molecule has 0 aromatic rings. The van der Waals surface area contributed by atoms with E-state index in [1.165, 1.54) is 12.8 Å². The van der Waals surface area contributed by atoms with Crippen molar-refractivity contribution in [3.8, 4) is 0 Å². The molecule has 1 amide bonds. The summed E-state index contributed by atoms with van der Waals surface area (Å²) < 4.78 is 0. The van der Waals surface area contributed by atoms with Crippen molar-refractivity contribution in [1.29, 1.82) is 0 Å². The average molecular weight is 214 g/mol. The molecular weight excluding hydrogens is 192 g/mol. The first-order chi connectivity index (χ1) is 7.15. The molecular formula is C11H22N2O2. The van der Waals surface area contributed by atoms with Crippen LogP contribution in [0.2, 0.25) is 0 Å². The van der Waals surface area contributed by atoms with Crippen molar-refractivity contribution in [2.75, 3.05) is 13.6 Å². The van der Waals surface area contributed by atoms with E-state index in [1.807, 2.05) is 7.05 Å². The Balaban J connectivity index is 2.26. The maximum Gasteiger partial charge on any atom is 0.239 e. The van der Waals surface area contributed by atoms with Gasteiger partial charge in [-0.3, -0.25) is 10.1 Å². The van der Waals surface area contributed by atoms with Gasteiger partial charge < -0.3 is 10.0 Å². The van der Waals surface area contributed by atoms with Gasteiger partial charge in [-0.1, -0.05) is 19.8 Å². The summed E-state index contributed by atoms with van der Waals surface area (Å²) in [6.45, 7) is 2.97. The molecule has 0 radical (unpaired) electrons. The molecule has 0 spiro atoms. The Bertz CT molecular complexity index is 209. The number of aliphatic hydroxyl groups is 1. The average Bonchev–Trinajstić information content (AvgIpc) is 2.64. The largest absolute Gasteiger partial charge is 0.379 e. The second kappa shape index (κ2) is 6.08. The van der Waals surface area contributed by atoms with Crippen molar-refractivity contribution in [1.82, 2.24) is 10.2 Å². The van der Waals surface area contributed by atoms with Gasteiger partial charge in [0, 0.05) is 13.6 Å². The number of carbonyl (C=O) groups is 1. The van der Waals surface area contributed by atoms with Crippen LogP contribution in [0, 0.1) is 0 Å². The van der Waals surface area contributed by atoms with Crippen LogP contribution in [-0.2, 0) is 4.79 Å². The molecule has 1 aliphatic heterocycles. The molecule has 1 heterocycles. The standard InChI is InChI=1S/C11H22N2O2/c1-3-4-5-8-13(2)11(15)9-6-7-10(14)12-9/h9-10,12,14H,3-8H2,1-2H3/t9-,10?/m0/s1. The van der Waals surface area contributed by atoms with E-state index < -0.39 is 6.23 Å². The Labute approximate surface area is 91.6 Å². The zero-order chi connectivity index (χ0) is 11.3. The topological polar surface area (TPSA) is 52.6 Å². The van der Waals surface area contributed by atoms with E-state index in [9.17, 15) is 9.90 Å². The number of hydrogen-bond acceptors (Lipinski definition) is 3. The molecule has 15 heavy (non-hydrogen) atoms. The lowest BCUT2D eigenvalue weighted by Crippen LogP contribution is -2.43. The minimum atomic E-state index is -0.497. The summed E-state index contributed by atoms with van der Waals surface area (Å²) in [5, 5.41) is 12.2. The molecule has 0 saturated carbocycles. The van der Waals surface area contributed by atoms with Crippen LogP contribution in [0.5, 0.6) is 0 Å². The van der Waals surface area contributed by atoms with Crippen molar-refractivity contribution in [3.63, 3.8) is 0 Å². The monoisotopic (exact) mass is 214 g/mol. The lowest BCUT2D eigenvalue weighted by molar-refractivity contribution is -0.132. The lowest BCUT2D eigenvalue weighted by atomic mass is 10.2. The molecule has 4 heteroatoms. The number of carbonyl (C=O) groups excluding carboxylic acids is 1. The third-order valence-electron chi connectivity index (χ3n) is 2.89. The molecule has 1 saturated heterocycles. The van der Waals surface area contributed by atoms with E-state index >= 15 is 0 Å². The van der Waals surface area contributed by atoms with Crippen molar-refractivity contribution in [3.05, 3.63) is 0 Å². The molecule has 1 rings (SSSR count). The minimum absolute atomic E-state index is 0.114. The van der Waals surface area contributed by atoms with Gasteiger partial charge in [0.05, 0.1) is 6.04 Å². The van der Waals surface area contributed by atoms with Crippen LogP contribution >= 0.6 is 0 Å². The zero-order valence-electron chi connectivity index (χ0n) is 9.70. The van der Waals surface area contributed by atoms with Gasteiger partial charge in [0.25, 0.3) is 0 Å². The van der Waals surface area contributed by atoms with Crippen molar-refractivity contribution in [2.45, 2.75) is 51.3 Å². The number of aliphatic hydroxyl groups excluding tert-OH is 1. The fourth-order valence-electron chi connectivity index (χ4n) is 1.89. The Morgan fingerprint density at radius 1 is 1.47 bits per heavy atom. The van der Waals surface area contributed by atoms with Crippen LogP contribution in [-0.4, -0.2) is 41.8 Å². The molecule has 0 bridgehead atoms. The highest BCUT2D eigenvalue weighted by atomic mass is 16.3. The maximum atomic E-state index is 11.8. The van der Waals surface area contributed by atoms with E-state index in [0.717, 1.165) is 19.4 Å². The van der Waals surface area contributed by atoms with E-state index in [2.05, 4.69) is 12.2 Å². The van der Waals surface area contributed by atoms with Gasteiger partial charge in [0.2, 0.25) is 5.91 Å². The Morgan fingerprint density at radius 2 is 2.20 bits per heavy atom. The highest BCUT2D eigenvalue weighted by molar-refractivity contribution is 5.81. The van der Waals surface area contributed by atoms with Gasteiger partial charge in [0.15, 0.2) is 0 Å². The fourth-order valence-corrected chi connectivity index (χ4v) is 1.89. The molecule has 0 aromatic carbocycles. The summed E-state index contributed by atoms with van der Waals surface area (Å²) in [6.07, 6.45) is 4.33. The summed E-state index contributed by atoms with van der Waals surface area (Å²) in [5.74, 6) is 0.114. The van der Waals surface area contributed by atoms with Crippen LogP contribution in [0.1, 0.15) is 39.0 Å². The summed E-state index contributed by atoms with van der Waals surface area (Å²) in [4.78, 5) is 13.6. The molecule has 1 unspecified atom stereocenters. The summed E-state index contributed by atoms with van der Waals surface area (Å²) in [6, 6.07) is -0.174. The second-order valence-corrected chi connectivity index (χ2v) is 4.28. The number of hydrogen-bond donors (Lipinski definition) is 2. The maximum absolute atomic E-state index is 11.8. The molecule has 0 aliphatic carbocycles. The highest BCUT2D eigenvalue weighted by Gasteiger charge is 2.29. The van der Waals surface area contributed by atoms with E-state index in [1.54, 1.807) is 4.90 Å². The smallest absolute Gasteiger partial charge is 0.239 e. The van der Waals surface area contributed by atoms with Crippen molar-refractivity contribution in [2.24, 2.45) is 0 Å². The Morgan fingerprint density at radius 3 is 2.73 bits per heavy atom. The predicted molar refractivity (Wildman–Crippen MR) is 59.3 cm³/mol. The van der Waals surface area contributed by atoms with Crippen LogP contribution in [0.4, 0.5) is 0 Å². The number of likely N-dealkylation sites (N-methyl/N-ethyl adjacent to an activating group) is 1. The van der Waals surface area contributed by atoms with Crippen LogP contribution < -0.4 is 5.32 Å². The molecule has 0 aromatic heterocycles. The molecule has 1 aliphatic rings. The molecule has 1 fully saturated rings. The van der Waals surface area contributed by atoms with E-state index in [-0.39, 0.29) is 11.9 Å².